The number of ether oxygens (including phenoxy) is 1. The van der Waals surface area contributed by atoms with Crippen LogP contribution in [-0.2, 0) is 0 Å². The molecule has 1 aromatic heterocycles. The minimum Gasteiger partial charge on any atom is -0.491 e. The minimum atomic E-state index is -0.630. The van der Waals surface area contributed by atoms with E-state index in [2.05, 4.69) is 48.4 Å². The molecule has 0 amide bonds. The molecule has 0 aliphatic carbocycles. The van der Waals surface area contributed by atoms with E-state index in [-0.39, 0.29) is 6.61 Å². The van der Waals surface area contributed by atoms with Crippen molar-refractivity contribution in [3.63, 3.8) is 0 Å². The number of hydrogen-bond donors (Lipinski definition) is 1. The molecular weight excluding hydrogens is 372 g/mol. The molecule has 148 valence electrons. The first kappa shape index (κ1) is 20.4. The summed E-state index contributed by atoms with van der Waals surface area (Å²) in [7, 11) is 0. The molecule has 0 aliphatic heterocycles. The van der Waals surface area contributed by atoms with E-state index in [4.69, 9.17) is 4.74 Å². The van der Waals surface area contributed by atoms with Crippen molar-refractivity contribution in [1.29, 1.82) is 0 Å². The fourth-order valence-corrected chi connectivity index (χ4v) is 3.75. The van der Waals surface area contributed by atoms with Gasteiger partial charge in [0.2, 0.25) is 5.16 Å². The summed E-state index contributed by atoms with van der Waals surface area (Å²) in [4.78, 5) is 0. The molecule has 1 unspecified atom stereocenters. The molecule has 0 aliphatic rings. The molecule has 0 spiro atoms. The molecule has 0 fully saturated rings. The number of nitrogens with zero attached hydrogens (tertiary/aromatic N) is 4. The third kappa shape index (κ3) is 4.91. The lowest BCUT2D eigenvalue weighted by molar-refractivity contribution is 0.125. The van der Waals surface area contributed by atoms with Crippen LogP contribution < -0.4 is 4.74 Å². The maximum absolute atomic E-state index is 10.4. The number of aromatic nitrogens is 4. The average Bonchev–Trinajstić information content (AvgIpc) is 3.13. The van der Waals surface area contributed by atoms with Gasteiger partial charge in [-0.2, -0.15) is 4.68 Å². The summed E-state index contributed by atoms with van der Waals surface area (Å²) in [5, 5.41) is 23.0. The maximum atomic E-state index is 10.4. The Morgan fingerprint density at radius 3 is 2.68 bits per heavy atom. The van der Waals surface area contributed by atoms with Gasteiger partial charge in [0.1, 0.15) is 12.4 Å². The molecule has 3 rings (SSSR count). The van der Waals surface area contributed by atoms with Gasteiger partial charge in [-0.3, -0.25) is 0 Å². The molecule has 1 heterocycles. The van der Waals surface area contributed by atoms with Gasteiger partial charge in [-0.15, -0.1) is 5.10 Å². The lowest BCUT2D eigenvalue weighted by Crippen LogP contribution is -2.21. The Morgan fingerprint density at radius 1 is 1.14 bits per heavy atom. The van der Waals surface area contributed by atoms with Crippen molar-refractivity contribution in [1.82, 2.24) is 20.2 Å². The zero-order valence-electron chi connectivity index (χ0n) is 16.7. The van der Waals surface area contributed by atoms with Crippen LogP contribution in [0, 0.1) is 13.8 Å². The van der Waals surface area contributed by atoms with Gasteiger partial charge in [0.05, 0.1) is 11.8 Å². The van der Waals surface area contributed by atoms with Crippen molar-refractivity contribution >= 4 is 11.8 Å². The predicted molar refractivity (Wildman–Crippen MR) is 111 cm³/mol. The highest BCUT2D eigenvalue weighted by atomic mass is 32.2. The van der Waals surface area contributed by atoms with Crippen LogP contribution in [0.3, 0.4) is 0 Å². The zero-order valence-corrected chi connectivity index (χ0v) is 17.5. The lowest BCUT2D eigenvalue weighted by Gasteiger charge is -2.16. The molecule has 3 aromatic rings. The normalized spacial score (nSPS) is 12.4. The van der Waals surface area contributed by atoms with E-state index >= 15 is 0 Å². The van der Waals surface area contributed by atoms with Gasteiger partial charge < -0.3 is 9.84 Å². The van der Waals surface area contributed by atoms with Crippen LogP contribution in [0.15, 0.2) is 47.6 Å². The van der Waals surface area contributed by atoms with E-state index in [9.17, 15) is 5.11 Å². The fraction of sp³-hybridized carbons (Fsp3) is 0.381. The van der Waals surface area contributed by atoms with E-state index in [0.29, 0.717) is 16.8 Å². The highest BCUT2D eigenvalue weighted by molar-refractivity contribution is 7.99. The molecule has 1 atom stereocenters. The molecule has 1 N–H and O–H groups in total. The fourth-order valence-electron chi connectivity index (χ4n) is 2.96. The number of benzene rings is 2. The van der Waals surface area contributed by atoms with Crippen molar-refractivity contribution < 1.29 is 9.84 Å². The largest absolute Gasteiger partial charge is 0.491 e. The Morgan fingerprint density at radius 2 is 1.93 bits per heavy atom. The van der Waals surface area contributed by atoms with Gasteiger partial charge in [-0.1, -0.05) is 61.5 Å². The van der Waals surface area contributed by atoms with Crippen molar-refractivity contribution in [3.8, 4) is 11.4 Å². The van der Waals surface area contributed by atoms with Crippen molar-refractivity contribution in [3.05, 3.63) is 59.2 Å². The van der Waals surface area contributed by atoms with Crippen LogP contribution >= 0.6 is 11.8 Å². The van der Waals surface area contributed by atoms with E-state index < -0.39 is 6.10 Å². The van der Waals surface area contributed by atoms with E-state index in [1.807, 2.05) is 37.3 Å². The standard InChI is InChI=1S/C21H26N4O2S/c1-14(2)18-7-5-6-8-20(18)27-12-17(26)13-28-21-22-23-24-25(21)19-10-9-15(3)11-16(19)4/h5-11,14,17,26H,12-13H2,1-4H3. The summed E-state index contributed by atoms with van der Waals surface area (Å²) >= 11 is 1.41. The summed E-state index contributed by atoms with van der Waals surface area (Å²) in [6.07, 6.45) is -0.630. The number of hydrogen-bond acceptors (Lipinski definition) is 6. The first-order valence-corrected chi connectivity index (χ1v) is 10.3. The minimum absolute atomic E-state index is 0.224. The topological polar surface area (TPSA) is 73.1 Å². The lowest BCUT2D eigenvalue weighted by atomic mass is 10.0. The summed E-state index contributed by atoms with van der Waals surface area (Å²) in [6, 6.07) is 14.1. The molecule has 28 heavy (non-hydrogen) atoms. The van der Waals surface area contributed by atoms with Gasteiger partial charge in [0.15, 0.2) is 0 Å². The Labute approximate surface area is 169 Å². The molecule has 7 heteroatoms. The summed E-state index contributed by atoms with van der Waals surface area (Å²) in [5.74, 6) is 1.63. The molecule has 2 aromatic carbocycles. The highest BCUT2D eigenvalue weighted by Gasteiger charge is 2.15. The quantitative estimate of drug-likeness (QED) is 0.580. The van der Waals surface area contributed by atoms with Crippen LogP contribution in [0.1, 0.15) is 36.5 Å². The number of rotatable bonds is 8. The summed E-state index contributed by atoms with van der Waals surface area (Å²) in [6.45, 7) is 8.57. The first-order chi connectivity index (χ1) is 13.5. The van der Waals surface area contributed by atoms with E-state index in [0.717, 1.165) is 22.6 Å². The second-order valence-electron chi connectivity index (χ2n) is 7.13. The van der Waals surface area contributed by atoms with Crippen molar-refractivity contribution in [2.75, 3.05) is 12.4 Å². The molecule has 0 radical (unpaired) electrons. The monoisotopic (exact) mass is 398 g/mol. The maximum Gasteiger partial charge on any atom is 0.214 e. The first-order valence-electron chi connectivity index (χ1n) is 9.34. The third-order valence-corrected chi connectivity index (χ3v) is 5.46. The smallest absolute Gasteiger partial charge is 0.214 e. The number of aliphatic hydroxyl groups is 1. The molecule has 6 nitrogen and oxygen atoms in total. The Hall–Kier alpha value is -2.38. The number of thioether (sulfide) groups is 1. The van der Waals surface area contributed by atoms with E-state index in [1.165, 1.54) is 17.3 Å². The third-order valence-electron chi connectivity index (χ3n) is 4.40. The van der Waals surface area contributed by atoms with Gasteiger partial charge >= 0.3 is 0 Å². The van der Waals surface area contributed by atoms with Crippen LogP contribution in [0.2, 0.25) is 0 Å². The van der Waals surface area contributed by atoms with Crippen LogP contribution in [-0.4, -0.2) is 43.8 Å². The number of aryl methyl sites for hydroxylation is 2. The van der Waals surface area contributed by atoms with Crippen LogP contribution in [0.25, 0.3) is 5.69 Å². The van der Waals surface area contributed by atoms with E-state index in [1.54, 1.807) is 4.68 Å². The number of para-hydroxylation sites is 1. The Kier molecular flexibility index (Phi) is 6.70. The zero-order chi connectivity index (χ0) is 20.1. The van der Waals surface area contributed by atoms with Crippen LogP contribution in [0.4, 0.5) is 0 Å². The molecule has 0 bridgehead atoms. The molecular formula is C21H26N4O2S. The van der Waals surface area contributed by atoms with Crippen LogP contribution in [0.5, 0.6) is 5.75 Å². The van der Waals surface area contributed by atoms with Crippen molar-refractivity contribution in [2.24, 2.45) is 0 Å². The van der Waals surface area contributed by atoms with Gasteiger partial charge in [-0.25, -0.2) is 0 Å². The highest BCUT2D eigenvalue weighted by Crippen LogP contribution is 2.26. The Balaban J connectivity index is 1.60. The average molecular weight is 399 g/mol. The summed E-state index contributed by atoms with van der Waals surface area (Å²) in [5.41, 5.74) is 4.37. The second kappa shape index (κ2) is 9.21. The van der Waals surface area contributed by atoms with Gasteiger partial charge in [-0.05, 0) is 53.5 Å². The van der Waals surface area contributed by atoms with Gasteiger partial charge in [0.25, 0.3) is 0 Å². The van der Waals surface area contributed by atoms with Gasteiger partial charge in [0, 0.05) is 5.75 Å². The molecule has 0 saturated heterocycles. The number of aliphatic hydroxyl groups excluding tert-OH is 1. The Bertz CT molecular complexity index is 926. The van der Waals surface area contributed by atoms with Crippen molar-refractivity contribution in [2.45, 2.75) is 44.9 Å². The predicted octanol–water partition coefficient (Wildman–Crippen LogP) is 3.93. The number of tetrazole rings is 1. The second-order valence-corrected chi connectivity index (χ2v) is 8.12. The SMILES string of the molecule is Cc1ccc(-n2nnnc2SCC(O)COc2ccccc2C(C)C)c(C)c1. The summed E-state index contributed by atoms with van der Waals surface area (Å²) < 4.78 is 7.56. The molecule has 0 saturated carbocycles.